The minimum absolute atomic E-state index is 0.0428. The first kappa shape index (κ1) is 17.7. The van der Waals surface area contributed by atoms with Gasteiger partial charge in [0.25, 0.3) is 0 Å². The van der Waals surface area contributed by atoms with E-state index in [1.807, 2.05) is 6.08 Å². The van der Waals surface area contributed by atoms with Crippen LogP contribution >= 0.6 is 0 Å². The van der Waals surface area contributed by atoms with E-state index in [9.17, 15) is 0 Å². The van der Waals surface area contributed by atoms with E-state index >= 15 is 0 Å². The van der Waals surface area contributed by atoms with Crippen LogP contribution in [0.15, 0.2) is 67.3 Å². The zero-order valence-electron chi connectivity index (χ0n) is 15.2. The van der Waals surface area contributed by atoms with Crippen molar-refractivity contribution in [2.45, 2.75) is 38.7 Å². The van der Waals surface area contributed by atoms with Crippen molar-refractivity contribution in [1.29, 1.82) is 0 Å². The summed E-state index contributed by atoms with van der Waals surface area (Å²) in [6.45, 7) is 10.5. The van der Waals surface area contributed by atoms with Gasteiger partial charge in [-0.25, -0.2) is 0 Å². The fourth-order valence-electron chi connectivity index (χ4n) is 2.84. The van der Waals surface area contributed by atoms with Crippen molar-refractivity contribution in [2.75, 3.05) is 0 Å². The monoisotopic (exact) mass is 349 g/mol. The lowest BCUT2D eigenvalue weighted by molar-refractivity contribution is 0.209. The Bertz CT molecular complexity index is 752. The predicted octanol–water partition coefficient (Wildman–Crippen LogP) is 5.11. The number of hydrogen-bond acceptors (Lipinski definition) is 2. The van der Waals surface area contributed by atoms with Crippen molar-refractivity contribution in [3.05, 3.63) is 89.5 Å². The molecule has 2 aromatic carbocycles. The quantitative estimate of drug-likeness (QED) is 0.564. The van der Waals surface area contributed by atoms with E-state index in [-0.39, 0.29) is 11.5 Å². The summed E-state index contributed by atoms with van der Waals surface area (Å²) in [6, 6.07) is 17.2. The molecule has 0 spiro atoms. The van der Waals surface area contributed by atoms with Crippen LogP contribution in [0.4, 0.5) is 0 Å². The number of benzene rings is 2. The number of rotatable bonds is 4. The van der Waals surface area contributed by atoms with Crippen LogP contribution in [0.2, 0.25) is 0 Å². The van der Waals surface area contributed by atoms with Gasteiger partial charge in [0.05, 0.1) is 21.9 Å². The molecule has 0 fully saturated rings. The zero-order chi connectivity index (χ0) is 17.9. The Morgan fingerprint density at radius 2 is 1.72 bits per heavy atom. The third-order valence-corrected chi connectivity index (χ3v) is 5.16. The van der Waals surface area contributed by atoms with Gasteiger partial charge in [0.1, 0.15) is 0 Å². The standard InChI is InChI=1S/C22H25O2Si/c1-5-6-16-7-9-17(10-8-16)20-15-21(24-25-23-20)18-11-13-19(14-12-18)22(2,3)4/h5,7-15,20,25H,1,6H2,2-4H3/q-1. The molecule has 0 aliphatic carbocycles. The van der Waals surface area contributed by atoms with Crippen LogP contribution in [0.5, 0.6) is 0 Å². The van der Waals surface area contributed by atoms with Gasteiger partial charge in [-0.1, -0.05) is 75.4 Å². The molecule has 0 saturated carbocycles. The molecule has 2 aromatic rings. The predicted molar refractivity (Wildman–Crippen MR) is 106 cm³/mol. The van der Waals surface area contributed by atoms with Gasteiger partial charge in [0, 0.05) is 5.56 Å². The third-order valence-electron chi connectivity index (χ3n) is 4.40. The fraction of sp³-hybridized carbons (Fsp3) is 0.273. The lowest BCUT2D eigenvalue weighted by Crippen LogP contribution is -2.16. The van der Waals surface area contributed by atoms with Crippen LogP contribution < -0.4 is 0 Å². The summed E-state index contributed by atoms with van der Waals surface area (Å²) in [7, 11) is -0.501. The van der Waals surface area contributed by atoms with Crippen molar-refractivity contribution in [2.24, 2.45) is 0 Å². The summed E-state index contributed by atoms with van der Waals surface area (Å²) in [6.07, 6.45) is 4.84. The molecule has 0 radical (unpaired) electrons. The number of hydrogen-bond donors (Lipinski definition) is 0. The highest BCUT2D eigenvalue weighted by Crippen LogP contribution is 2.30. The van der Waals surface area contributed by atoms with Crippen LogP contribution in [-0.4, -0.2) is 10.0 Å². The Kier molecular flexibility index (Phi) is 5.26. The number of allylic oxidation sites excluding steroid dienone is 1. The highest BCUT2D eigenvalue weighted by molar-refractivity contribution is 6.21. The van der Waals surface area contributed by atoms with Crippen molar-refractivity contribution in [3.8, 4) is 0 Å². The topological polar surface area (TPSA) is 18.5 Å². The Labute approximate surface area is 153 Å². The minimum Gasteiger partial charge on any atom is -0.688 e. The molecule has 0 saturated heterocycles. The molecule has 0 aromatic heterocycles. The van der Waals surface area contributed by atoms with Crippen LogP contribution in [0.25, 0.3) is 5.76 Å². The molecular formula is C22H25O2Si-. The van der Waals surface area contributed by atoms with Gasteiger partial charge in [-0.3, -0.25) is 0 Å². The molecule has 3 heteroatoms. The average Bonchev–Trinajstić information content (AvgIpc) is 2.62. The van der Waals surface area contributed by atoms with Crippen molar-refractivity contribution < 1.29 is 8.85 Å². The SMILES string of the molecule is C=CCc1ccc(C2C=C(c3ccc(C(C)(C)C)cc3)O[SiH-]O2)cc1. The highest BCUT2D eigenvalue weighted by atomic mass is 28.3. The lowest BCUT2D eigenvalue weighted by atomic mass is 9.86. The van der Waals surface area contributed by atoms with E-state index in [1.54, 1.807) is 0 Å². The van der Waals surface area contributed by atoms with E-state index in [0.717, 1.165) is 23.3 Å². The Balaban J connectivity index is 1.81. The maximum atomic E-state index is 5.86. The minimum atomic E-state index is -0.501. The Hall–Kier alpha value is -2.10. The molecule has 1 unspecified atom stereocenters. The van der Waals surface area contributed by atoms with Crippen molar-refractivity contribution in [1.82, 2.24) is 0 Å². The van der Waals surface area contributed by atoms with Crippen LogP contribution in [0.1, 0.15) is 49.1 Å². The molecule has 2 nitrogen and oxygen atoms in total. The molecule has 0 bridgehead atoms. The van der Waals surface area contributed by atoms with Gasteiger partial charge in [0.15, 0.2) is 0 Å². The summed E-state index contributed by atoms with van der Waals surface area (Å²) >= 11 is 0. The van der Waals surface area contributed by atoms with Gasteiger partial charge in [-0.05, 0) is 34.6 Å². The zero-order valence-corrected chi connectivity index (χ0v) is 16.3. The first-order valence-corrected chi connectivity index (χ1v) is 9.58. The molecular weight excluding hydrogens is 324 g/mol. The van der Waals surface area contributed by atoms with Gasteiger partial charge in [0.2, 0.25) is 0 Å². The van der Waals surface area contributed by atoms with Gasteiger partial charge < -0.3 is 8.85 Å². The molecule has 0 amide bonds. The van der Waals surface area contributed by atoms with Gasteiger partial charge in [-0.2, -0.15) is 0 Å². The van der Waals surface area contributed by atoms with Crippen LogP contribution in [-0.2, 0) is 20.7 Å². The second-order valence-corrected chi connectivity index (χ2v) is 8.06. The molecule has 1 atom stereocenters. The van der Waals surface area contributed by atoms with Crippen LogP contribution in [0, 0.1) is 0 Å². The second kappa shape index (κ2) is 7.42. The summed E-state index contributed by atoms with van der Waals surface area (Å²) < 4.78 is 11.7. The molecule has 1 aliphatic rings. The molecule has 1 heterocycles. The van der Waals surface area contributed by atoms with Crippen molar-refractivity contribution in [3.63, 3.8) is 0 Å². The summed E-state index contributed by atoms with van der Waals surface area (Å²) in [5.74, 6) is 0.918. The fourth-order valence-corrected chi connectivity index (χ4v) is 3.57. The third kappa shape index (κ3) is 4.30. The Morgan fingerprint density at radius 1 is 1.04 bits per heavy atom. The largest absolute Gasteiger partial charge is 0.688 e. The lowest BCUT2D eigenvalue weighted by Gasteiger charge is -2.33. The molecule has 25 heavy (non-hydrogen) atoms. The van der Waals surface area contributed by atoms with E-state index in [4.69, 9.17) is 8.85 Å². The summed E-state index contributed by atoms with van der Waals surface area (Å²) in [4.78, 5) is 0. The van der Waals surface area contributed by atoms with Gasteiger partial charge >= 0.3 is 0 Å². The first-order chi connectivity index (χ1) is 12.0. The van der Waals surface area contributed by atoms with E-state index in [0.29, 0.717) is 0 Å². The first-order valence-electron chi connectivity index (χ1n) is 8.63. The smallest absolute Gasteiger partial charge is 0.0889 e. The average molecular weight is 350 g/mol. The Morgan fingerprint density at radius 3 is 2.32 bits per heavy atom. The summed E-state index contributed by atoms with van der Waals surface area (Å²) in [5.41, 5.74) is 5.01. The molecule has 3 rings (SSSR count). The highest BCUT2D eigenvalue weighted by Gasteiger charge is 2.15. The van der Waals surface area contributed by atoms with E-state index < -0.39 is 10.0 Å². The second-order valence-electron chi connectivity index (χ2n) is 7.36. The maximum Gasteiger partial charge on any atom is 0.0889 e. The van der Waals surface area contributed by atoms with Gasteiger partial charge in [-0.15, -0.1) is 6.58 Å². The van der Waals surface area contributed by atoms with Crippen molar-refractivity contribution >= 4 is 15.8 Å². The maximum absolute atomic E-state index is 5.86. The van der Waals surface area contributed by atoms with E-state index in [2.05, 4.69) is 82.0 Å². The van der Waals surface area contributed by atoms with E-state index in [1.165, 1.54) is 11.1 Å². The molecule has 0 N–H and O–H groups in total. The molecule has 1 aliphatic heterocycles. The summed E-state index contributed by atoms with van der Waals surface area (Å²) in [5, 5.41) is 0. The van der Waals surface area contributed by atoms with Crippen LogP contribution in [0.3, 0.4) is 0 Å². The molecule has 130 valence electrons. The normalized spacial score (nSPS) is 17.6.